The van der Waals surface area contributed by atoms with Crippen LogP contribution in [0.5, 0.6) is 0 Å². The van der Waals surface area contributed by atoms with Gasteiger partial charge >= 0.3 is 24.0 Å². The third kappa shape index (κ3) is 14.7. The standard InChI is InChI=1S/C36H45N5O14/c1-20(2)16-25(38-36(52)54-19-23-12-8-5-9-13-23)32(48)37-24(14-15-26(43)44)31(47)39-28(21(3)42)33(49)40-41(17-27(45)46)34(50)29-30(55-29)35(51)53-18-22-10-6-4-7-11-22/h4-13,20-21,24-25,28-30,42H,14-19H2,1-3H3,(H,37,48)(H,38,52)(H,39,47)(H,40,49)(H,43,44)(H,45,46)/t21?,24?,25?,28?,29-,30-/m0/s1. The topological polar surface area (TPSA) is 280 Å². The maximum Gasteiger partial charge on any atom is 0.408 e. The predicted octanol–water partition coefficient (Wildman–Crippen LogP) is -0.00210. The Morgan fingerprint density at radius 3 is 1.82 bits per heavy atom. The van der Waals surface area contributed by atoms with Gasteiger partial charge in [-0.1, -0.05) is 74.5 Å². The number of nitrogens with zero attached hydrogens (tertiary/aromatic N) is 1. The average Bonchev–Trinajstić information content (AvgIpc) is 3.94. The van der Waals surface area contributed by atoms with Crippen LogP contribution in [-0.2, 0) is 61.0 Å². The van der Waals surface area contributed by atoms with Gasteiger partial charge in [-0.3, -0.25) is 34.2 Å². The van der Waals surface area contributed by atoms with E-state index in [1.807, 2.05) is 5.43 Å². The number of hydrazine groups is 1. The van der Waals surface area contributed by atoms with Crippen molar-refractivity contribution in [2.45, 2.75) is 89.7 Å². The van der Waals surface area contributed by atoms with Crippen molar-refractivity contribution >= 4 is 47.6 Å². The normalized spacial score (nSPS) is 16.6. The first-order valence-corrected chi connectivity index (χ1v) is 17.2. The van der Waals surface area contributed by atoms with Crippen LogP contribution in [0.15, 0.2) is 60.7 Å². The van der Waals surface area contributed by atoms with E-state index in [2.05, 4.69) is 16.0 Å². The van der Waals surface area contributed by atoms with Gasteiger partial charge in [-0.05, 0) is 36.8 Å². The van der Waals surface area contributed by atoms with Gasteiger partial charge in [0.2, 0.25) is 11.8 Å². The van der Waals surface area contributed by atoms with Crippen molar-refractivity contribution in [1.29, 1.82) is 0 Å². The number of esters is 1. The minimum absolute atomic E-state index is 0.0853. The number of rotatable bonds is 20. The van der Waals surface area contributed by atoms with Gasteiger partial charge in [0.15, 0.2) is 12.2 Å². The largest absolute Gasteiger partial charge is 0.481 e. The number of nitrogens with one attached hydrogen (secondary N) is 4. The highest BCUT2D eigenvalue weighted by atomic mass is 16.6. The molecule has 0 aromatic heterocycles. The summed E-state index contributed by atoms with van der Waals surface area (Å²) in [5.41, 5.74) is 3.34. The summed E-state index contributed by atoms with van der Waals surface area (Å²) in [5, 5.41) is 36.5. The Balaban J connectivity index is 1.68. The van der Waals surface area contributed by atoms with E-state index in [0.717, 1.165) is 6.92 Å². The van der Waals surface area contributed by atoms with Crippen LogP contribution in [0.2, 0.25) is 0 Å². The zero-order chi connectivity index (χ0) is 40.7. The number of hydrogen-bond acceptors (Lipinski definition) is 12. The zero-order valence-corrected chi connectivity index (χ0v) is 30.3. The zero-order valence-electron chi connectivity index (χ0n) is 30.3. The molecule has 0 radical (unpaired) electrons. The third-order valence-electron chi connectivity index (χ3n) is 7.87. The summed E-state index contributed by atoms with van der Waals surface area (Å²) in [6, 6.07) is 12.6. The van der Waals surface area contributed by atoms with Crippen LogP contribution in [0.1, 0.15) is 51.2 Å². The molecule has 19 heteroatoms. The van der Waals surface area contributed by atoms with Gasteiger partial charge in [-0.15, -0.1) is 0 Å². The summed E-state index contributed by atoms with van der Waals surface area (Å²) in [6.07, 6.45) is -6.55. The highest BCUT2D eigenvalue weighted by molar-refractivity contribution is 5.97. The number of carbonyl (C=O) groups is 8. The number of epoxide rings is 1. The molecule has 0 saturated carbocycles. The van der Waals surface area contributed by atoms with Gasteiger partial charge in [0.05, 0.1) is 6.10 Å². The van der Waals surface area contributed by atoms with Gasteiger partial charge in [0.25, 0.3) is 11.8 Å². The molecule has 5 amide bonds. The minimum Gasteiger partial charge on any atom is -0.481 e. The van der Waals surface area contributed by atoms with E-state index in [0.29, 0.717) is 16.1 Å². The first kappa shape index (κ1) is 43.3. The molecule has 4 unspecified atom stereocenters. The fourth-order valence-corrected chi connectivity index (χ4v) is 5.03. The molecule has 298 valence electrons. The fraction of sp³-hybridized carbons (Fsp3) is 0.444. The third-order valence-corrected chi connectivity index (χ3v) is 7.87. The summed E-state index contributed by atoms with van der Waals surface area (Å²) in [6.45, 7) is 3.28. The molecule has 2 aromatic rings. The molecule has 0 spiro atoms. The lowest BCUT2D eigenvalue weighted by molar-refractivity contribution is -0.152. The van der Waals surface area contributed by atoms with Crippen LogP contribution < -0.4 is 21.4 Å². The molecule has 1 aliphatic heterocycles. The maximum absolute atomic E-state index is 13.5. The van der Waals surface area contributed by atoms with E-state index in [1.54, 1.807) is 74.5 Å². The first-order valence-electron chi connectivity index (χ1n) is 17.2. The number of aliphatic carboxylic acids is 2. The molecule has 55 heavy (non-hydrogen) atoms. The summed E-state index contributed by atoms with van der Waals surface area (Å²) in [7, 11) is 0. The Kier molecular flexibility index (Phi) is 16.5. The molecule has 1 saturated heterocycles. The lowest BCUT2D eigenvalue weighted by atomic mass is 10.0. The van der Waals surface area contributed by atoms with Gasteiger partial charge in [-0.25, -0.2) is 14.6 Å². The average molecular weight is 772 g/mol. The molecule has 6 atom stereocenters. The number of aliphatic hydroxyl groups excluding tert-OH is 1. The summed E-state index contributed by atoms with van der Waals surface area (Å²) in [4.78, 5) is 101. The second-order valence-electron chi connectivity index (χ2n) is 13.0. The Morgan fingerprint density at radius 2 is 1.29 bits per heavy atom. The van der Waals surface area contributed by atoms with Crippen LogP contribution in [0.25, 0.3) is 0 Å². The molecular formula is C36H45N5O14. The van der Waals surface area contributed by atoms with E-state index in [4.69, 9.17) is 14.2 Å². The van der Waals surface area contributed by atoms with Crippen LogP contribution in [-0.4, -0.2) is 111 Å². The summed E-state index contributed by atoms with van der Waals surface area (Å²) >= 11 is 0. The smallest absolute Gasteiger partial charge is 0.408 e. The molecule has 3 rings (SSSR count). The van der Waals surface area contributed by atoms with E-state index < -0.39 is 103 Å². The van der Waals surface area contributed by atoms with Crippen molar-refractivity contribution in [3.8, 4) is 0 Å². The number of carboxylic acid groups (broad SMARTS) is 2. The molecule has 1 aliphatic rings. The number of amides is 5. The molecule has 2 aromatic carbocycles. The van der Waals surface area contributed by atoms with Crippen LogP contribution >= 0.6 is 0 Å². The van der Waals surface area contributed by atoms with E-state index in [-0.39, 0.29) is 25.6 Å². The lowest BCUT2D eigenvalue weighted by Gasteiger charge is -2.28. The molecule has 1 heterocycles. The van der Waals surface area contributed by atoms with Crippen molar-refractivity contribution in [3.63, 3.8) is 0 Å². The van der Waals surface area contributed by atoms with E-state index in [1.165, 1.54) is 0 Å². The highest BCUT2D eigenvalue weighted by Gasteiger charge is 2.54. The van der Waals surface area contributed by atoms with Crippen LogP contribution in [0.4, 0.5) is 4.79 Å². The SMILES string of the molecule is CC(C)CC(NC(=O)OCc1ccccc1)C(=O)NC(CCC(=O)O)C(=O)NC(C(=O)NN(CC(=O)O)C(=O)[C@H]1O[C@@H]1C(=O)OCc1ccccc1)C(C)O. The second kappa shape index (κ2) is 21.0. The van der Waals surface area contributed by atoms with E-state index in [9.17, 15) is 53.7 Å². The van der Waals surface area contributed by atoms with Crippen molar-refractivity contribution in [3.05, 3.63) is 71.8 Å². The van der Waals surface area contributed by atoms with Crippen molar-refractivity contribution in [2.75, 3.05) is 6.54 Å². The quantitative estimate of drug-likeness (QED) is 0.0530. The molecule has 0 bridgehead atoms. The second-order valence-corrected chi connectivity index (χ2v) is 13.0. The highest BCUT2D eigenvalue weighted by Crippen LogP contribution is 2.26. The maximum atomic E-state index is 13.5. The number of ether oxygens (including phenoxy) is 3. The number of carboxylic acids is 2. The predicted molar refractivity (Wildman–Crippen MR) is 188 cm³/mol. The minimum atomic E-state index is -1.88. The Hall–Kier alpha value is -6.08. The van der Waals surface area contributed by atoms with Crippen molar-refractivity contribution in [2.24, 2.45) is 5.92 Å². The van der Waals surface area contributed by atoms with Crippen molar-refractivity contribution in [1.82, 2.24) is 26.4 Å². The fourth-order valence-electron chi connectivity index (χ4n) is 5.03. The molecular weight excluding hydrogens is 726 g/mol. The molecule has 0 aliphatic carbocycles. The number of hydrogen-bond donors (Lipinski definition) is 7. The number of alkyl carbamates (subject to hydrolysis) is 1. The molecule has 7 N–H and O–H groups in total. The van der Waals surface area contributed by atoms with Gasteiger partial charge in [0.1, 0.15) is 37.9 Å². The van der Waals surface area contributed by atoms with Gasteiger partial charge in [-0.2, -0.15) is 0 Å². The van der Waals surface area contributed by atoms with E-state index >= 15 is 0 Å². The monoisotopic (exact) mass is 771 g/mol. The number of benzene rings is 2. The Morgan fingerprint density at radius 1 is 0.727 bits per heavy atom. The number of carbonyl (C=O) groups excluding carboxylic acids is 6. The first-order chi connectivity index (χ1) is 26.0. The summed E-state index contributed by atoms with van der Waals surface area (Å²) < 4.78 is 15.5. The lowest BCUT2D eigenvalue weighted by Crippen LogP contribution is -2.61. The molecule has 19 nitrogen and oxygen atoms in total. The molecule has 1 fully saturated rings. The van der Waals surface area contributed by atoms with Gasteiger partial charge in [0, 0.05) is 6.42 Å². The van der Waals surface area contributed by atoms with Gasteiger partial charge < -0.3 is 45.5 Å². The summed E-state index contributed by atoms with van der Waals surface area (Å²) in [5.74, 6) is -8.42. The Labute approximate surface area is 315 Å². The van der Waals surface area contributed by atoms with Crippen LogP contribution in [0, 0.1) is 5.92 Å². The number of aliphatic hydroxyl groups is 1. The Bertz CT molecular complexity index is 1670. The van der Waals surface area contributed by atoms with Crippen molar-refractivity contribution < 1.29 is 67.9 Å². The van der Waals surface area contributed by atoms with Crippen LogP contribution in [0.3, 0.4) is 0 Å².